The zero-order chi connectivity index (χ0) is 20.0. The summed E-state index contributed by atoms with van der Waals surface area (Å²) in [6.45, 7) is 10.3. The first-order chi connectivity index (χ1) is 12.8. The van der Waals surface area contributed by atoms with E-state index in [1.807, 2.05) is 31.7 Å². The first kappa shape index (κ1) is 21.7. The van der Waals surface area contributed by atoms with Crippen LogP contribution in [0, 0.1) is 24.7 Å². The number of piperidine rings is 1. The Hall–Kier alpha value is -1.63. The number of ether oxygens (including phenoxy) is 1. The molecule has 2 N–H and O–H groups in total. The van der Waals surface area contributed by atoms with Gasteiger partial charge in [0.15, 0.2) is 0 Å². The molecule has 1 aromatic heterocycles. The Morgan fingerprint density at radius 1 is 1.41 bits per heavy atom. The van der Waals surface area contributed by atoms with Crippen LogP contribution in [0.2, 0.25) is 0 Å². The van der Waals surface area contributed by atoms with Gasteiger partial charge in [-0.2, -0.15) is 4.99 Å². The van der Waals surface area contributed by atoms with Gasteiger partial charge in [-0.05, 0) is 65.6 Å². The lowest BCUT2D eigenvalue weighted by atomic mass is 9.84. The molecule has 27 heavy (non-hydrogen) atoms. The molecule has 0 bridgehead atoms. The van der Waals surface area contributed by atoms with Gasteiger partial charge in [0, 0.05) is 19.0 Å². The molecular weight excluding hydrogens is 408 g/mol. The van der Waals surface area contributed by atoms with Crippen molar-refractivity contribution < 1.29 is 9.53 Å². The van der Waals surface area contributed by atoms with Gasteiger partial charge in [0.05, 0.1) is 12.8 Å². The summed E-state index contributed by atoms with van der Waals surface area (Å²) in [7, 11) is 0. The van der Waals surface area contributed by atoms with Gasteiger partial charge in [-0.3, -0.25) is 0 Å². The van der Waals surface area contributed by atoms with E-state index in [2.05, 4.69) is 32.8 Å². The number of rotatable bonds is 6. The maximum absolute atomic E-state index is 12.2. The lowest BCUT2D eigenvalue weighted by Gasteiger charge is -2.34. The van der Waals surface area contributed by atoms with Gasteiger partial charge in [-0.15, -0.1) is 0 Å². The third-order valence-corrected chi connectivity index (χ3v) is 6.09. The Bertz CT molecular complexity index is 670. The number of aromatic nitrogens is 1. The number of carbonyl (C=O) groups excluding carboxylic acids is 1. The minimum Gasteiger partial charge on any atom is -0.492 e. The summed E-state index contributed by atoms with van der Waals surface area (Å²) in [5.41, 5.74) is 6.87. The van der Waals surface area contributed by atoms with Crippen LogP contribution in [0.4, 0.5) is 4.79 Å². The summed E-state index contributed by atoms with van der Waals surface area (Å²) in [6, 6.07) is 1.80. The number of hydrogen-bond acceptors (Lipinski definition) is 3. The van der Waals surface area contributed by atoms with Gasteiger partial charge in [0.25, 0.3) is 0 Å². The number of nitrogens with zero attached hydrogens (tertiary/aromatic N) is 3. The molecule has 0 spiro atoms. The summed E-state index contributed by atoms with van der Waals surface area (Å²) in [6.07, 6.45) is 4.74. The maximum Gasteiger partial charge on any atom is 0.345 e. The average Bonchev–Trinajstić information content (AvgIpc) is 2.64. The molecule has 6 nitrogen and oxygen atoms in total. The molecule has 1 aromatic rings. The van der Waals surface area contributed by atoms with Crippen molar-refractivity contribution >= 4 is 27.8 Å². The van der Waals surface area contributed by atoms with E-state index < -0.39 is 0 Å². The number of carbonyl (C=O) groups is 1. The Morgan fingerprint density at radius 2 is 2.07 bits per heavy atom. The fourth-order valence-electron chi connectivity index (χ4n) is 3.18. The second kappa shape index (κ2) is 10.1. The average molecular weight is 439 g/mol. The number of amidine groups is 1. The van der Waals surface area contributed by atoms with E-state index in [4.69, 9.17) is 10.5 Å². The lowest BCUT2D eigenvalue weighted by molar-refractivity contribution is 0.149. The smallest absolute Gasteiger partial charge is 0.345 e. The normalized spacial score (nSPS) is 17.3. The summed E-state index contributed by atoms with van der Waals surface area (Å²) >= 11 is 3.40. The molecule has 0 radical (unpaired) electrons. The van der Waals surface area contributed by atoms with Crippen LogP contribution < -0.4 is 10.5 Å². The highest BCUT2D eigenvalue weighted by atomic mass is 79.9. The molecule has 150 valence electrons. The predicted molar refractivity (Wildman–Crippen MR) is 112 cm³/mol. The number of likely N-dealkylation sites (tertiary alicyclic amines) is 1. The third kappa shape index (κ3) is 6.48. The highest BCUT2D eigenvalue weighted by molar-refractivity contribution is 9.10. The lowest BCUT2D eigenvalue weighted by Crippen LogP contribution is -2.39. The molecular formula is C20H31BrN4O2. The fourth-order valence-corrected chi connectivity index (χ4v) is 3.40. The van der Waals surface area contributed by atoms with E-state index in [0.717, 1.165) is 48.3 Å². The van der Waals surface area contributed by atoms with Gasteiger partial charge in [0.1, 0.15) is 16.2 Å². The molecule has 1 atom stereocenters. The van der Waals surface area contributed by atoms with Crippen LogP contribution in [-0.4, -0.2) is 41.4 Å². The van der Waals surface area contributed by atoms with E-state index in [-0.39, 0.29) is 11.9 Å². The minimum absolute atomic E-state index is 0.0937. The van der Waals surface area contributed by atoms with Crippen molar-refractivity contribution in [2.75, 3.05) is 19.7 Å². The van der Waals surface area contributed by atoms with Crippen molar-refractivity contribution in [1.82, 2.24) is 9.88 Å². The minimum atomic E-state index is -0.200. The van der Waals surface area contributed by atoms with Gasteiger partial charge >= 0.3 is 6.03 Å². The van der Waals surface area contributed by atoms with Gasteiger partial charge in [-0.25, -0.2) is 9.78 Å². The van der Waals surface area contributed by atoms with E-state index in [9.17, 15) is 4.79 Å². The van der Waals surface area contributed by atoms with E-state index >= 15 is 0 Å². The van der Waals surface area contributed by atoms with E-state index in [0.29, 0.717) is 24.3 Å². The van der Waals surface area contributed by atoms with Gasteiger partial charge < -0.3 is 15.4 Å². The first-order valence-electron chi connectivity index (χ1n) is 9.65. The summed E-state index contributed by atoms with van der Waals surface area (Å²) in [4.78, 5) is 22.3. The Kier molecular flexibility index (Phi) is 8.07. The van der Waals surface area contributed by atoms with Crippen LogP contribution in [0.1, 0.15) is 45.6 Å². The molecule has 0 aliphatic carbocycles. The molecule has 0 aromatic carbocycles. The van der Waals surface area contributed by atoms with Crippen LogP contribution in [0.3, 0.4) is 0 Å². The van der Waals surface area contributed by atoms with Gasteiger partial charge in [-0.1, -0.05) is 20.8 Å². The largest absolute Gasteiger partial charge is 0.492 e. The maximum atomic E-state index is 12.2. The van der Waals surface area contributed by atoms with Crippen LogP contribution in [0.5, 0.6) is 5.75 Å². The number of halogens is 1. The topological polar surface area (TPSA) is 80.8 Å². The van der Waals surface area contributed by atoms with Crippen LogP contribution in [0.15, 0.2) is 21.9 Å². The quantitative estimate of drug-likeness (QED) is 0.405. The van der Waals surface area contributed by atoms with Crippen molar-refractivity contribution in [3.63, 3.8) is 0 Å². The number of pyridine rings is 1. The van der Waals surface area contributed by atoms with E-state index in [1.165, 1.54) is 0 Å². The molecule has 1 aliphatic rings. The summed E-state index contributed by atoms with van der Waals surface area (Å²) in [5, 5.41) is 0. The highest BCUT2D eigenvalue weighted by Gasteiger charge is 2.26. The molecule has 2 rings (SSSR count). The fraction of sp³-hybridized carbons (Fsp3) is 0.650. The predicted octanol–water partition coefficient (Wildman–Crippen LogP) is 4.40. The molecule has 1 saturated heterocycles. The molecule has 1 fully saturated rings. The Labute approximate surface area is 170 Å². The summed E-state index contributed by atoms with van der Waals surface area (Å²) < 4.78 is 6.70. The second-order valence-electron chi connectivity index (χ2n) is 7.69. The number of aliphatic imine (C=N–C) groups is 1. The number of amides is 2. The Balaban J connectivity index is 1.74. The van der Waals surface area contributed by atoms with Crippen LogP contribution >= 0.6 is 15.9 Å². The highest BCUT2D eigenvalue weighted by Crippen LogP contribution is 2.28. The Morgan fingerprint density at radius 3 is 2.67 bits per heavy atom. The molecule has 1 unspecified atom stereocenters. The molecule has 1 aliphatic heterocycles. The van der Waals surface area contributed by atoms with Crippen molar-refractivity contribution in [2.24, 2.45) is 28.5 Å². The molecule has 0 saturated carbocycles. The van der Waals surface area contributed by atoms with Crippen molar-refractivity contribution in [1.29, 1.82) is 0 Å². The molecule has 2 amide bonds. The monoisotopic (exact) mass is 438 g/mol. The number of hydrogen-bond donors (Lipinski definition) is 1. The van der Waals surface area contributed by atoms with E-state index in [1.54, 1.807) is 6.20 Å². The van der Waals surface area contributed by atoms with Crippen LogP contribution in [0.25, 0.3) is 0 Å². The van der Waals surface area contributed by atoms with Crippen molar-refractivity contribution in [3.8, 4) is 5.75 Å². The third-order valence-electron chi connectivity index (χ3n) is 5.26. The number of urea groups is 1. The van der Waals surface area contributed by atoms with Crippen molar-refractivity contribution in [3.05, 3.63) is 22.4 Å². The number of nitrogens with two attached hydrogens (primary N) is 1. The zero-order valence-corrected chi connectivity index (χ0v) is 18.3. The summed E-state index contributed by atoms with van der Waals surface area (Å²) in [5.74, 6) is 2.47. The van der Waals surface area contributed by atoms with Gasteiger partial charge in [0.2, 0.25) is 0 Å². The zero-order valence-electron chi connectivity index (χ0n) is 16.7. The number of aryl methyl sites for hydroxylation is 1. The molecule has 2 heterocycles. The first-order valence-corrected chi connectivity index (χ1v) is 10.4. The SMILES string of the molecule is Cc1cc(OCCC(C)C2CCN(C(=O)N=C(N)C(C)C)CC2)cnc1Br. The van der Waals surface area contributed by atoms with Crippen LogP contribution in [-0.2, 0) is 0 Å². The van der Waals surface area contributed by atoms with Crippen molar-refractivity contribution in [2.45, 2.75) is 47.0 Å². The second-order valence-corrected chi connectivity index (χ2v) is 8.44. The standard InChI is InChI=1S/C20H31BrN4O2/c1-13(2)19(22)24-20(26)25-8-5-16(6-9-25)14(3)7-10-27-17-11-15(4)18(21)23-12-17/h11-14,16H,5-10H2,1-4H3,(H2,22,24,26). The molecule has 7 heteroatoms.